The molecule has 1 saturated heterocycles. The lowest BCUT2D eigenvalue weighted by Gasteiger charge is -2.29. The van der Waals surface area contributed by atoms with Crippen LogP contribution in [0.4, 0.5) is 10.5 Å². The molecule has 0 saturated carbocycles. The fourth-order valence-electron chi connectivity index (χ4n) is 4.64. The zero-order chi connectivity index (χ0) is 27.6. The second kappa shape index (κ2) is 14.0. The summed E-state index contributed by atoms with van der Waals surface area (Å²) in [4.78, 5) is 34.3. The van der Waals surface area contributed by atoms with Crippen LogP contribution in [0.15, 0.2) is 60.0 Å². The summed E-state index contributed by atoms with van der Waals surface area (Å²) in [6.45, 7) is 6.26. The van der Waals surface area contributed by atoms with Crippen LogP contribution in [0.3, 0.4) is 0 Å². The number of anilines is 1. The normalized spacial score (nSPS) is 13.2. The maximum Gasteiger partial charge on any atom is 0.322 e. The number of carbonyl (C=O) groups excluding carboxylic acids is 2. The lowest BCUT2D eigenvalue weighted by molar-refractivity contribution is -0.133. The number of nitrogens with zero attached hydrogens (tertiary/aromatic N) is 3. The van der Waals surface area contributed by atoms with E-state index in [4.69, 9.17) is 9.47 Å². The number of carbonyl (C=O) groups is 2. The van der Waals surface area contributed by atoms with Gasteiger partial charge in [0.15, 0.2) is 0 Å². The van der Waals surface area contributed by atoms with Gasteiger partial charge in [-0.3, -0.25) is 4.79 Å². The number of urea groups is 1. The Hall–Kier alpha value is -3.56. The molecule has 0 spiro atoms. The number of hydrogen-bond acceptors (Lipinski definition) is 6. The Kier molecular flexibility index (Phi) is 10.2. The van der Waals surface area contributed by atoms with E-state index < -0.39 is 0 Å². The van der Waals surface area contributed by atoms with Gasteiger partial charge in [-0.1, -0.05) is 30.3 Å². The second-order valence-electron chi connectivity index (χ2n) is 9.76. The summed E-state index contributed by atoms with van der Waals surface area (Å²) in [6.07, 6.45) is 2.33. The molecule has 1 fully saturated rings. The molecular formula is C30H38N4O4S. The number of methoxy groups -OCH3 is 2. The van der Waals surface area contributed by atoms with Crippen molar-refractivity contribution >= 4 is 29.0 Å². The molecule has 1 aliphatic rings. The first-order chi connectivity index (χ1) is 18.9. The molecule has 39 heavy (non-hydrogen) atoms. The highest BCUT2D eigenvalue weighted by Gasteiger charge is 2.24. The van der Waals surface area contributed by atoms with Gasteiger partial charge in [0.05, 0.1) is 20.8 Å². The lowest BCUT2D eigenvalue weighted by Crippen LogP contribution is -2.46. The summed E-state index contributed by atoms with van der Waals surface area (Å²) >= 11 is 1.65. The highest BCUT2D eigenvalue weighted by molar-refractivity contribution is 7.10. The quantitative estimate of drug-likeness (QED) is 0.334. The van der Waals surface area contributed by atoms with E-state index in [1.54, 1.807) is 48.7 Å². The van der Waals surface area contributed by atoms with Crippen molar-refractivity contribution in [1.29, 1.82) is 0 Å². The first kappa shape index (κ1) is 28.4. The third-order valence-electron chi connectivity index (χ3n) is 6.97. The highest BCUT2D eigenvalue weighted by atomic mass is 32.1. The van der Waals surface area contributed by atoms with Gasteiger partial charge in [-0.2, -0.15) is 0 Å². The van der Waals surface area contributed by atoms with E-state index in [0.29, 0.717) is 36.8 Å². The van der Waals surface area contributed by atoms with Gasteiger partial charge < -0.3 is 29.5 Å². The van der Waals surface area contributed by atoms with Crippen molar-refractivity contribution in [2.75, 3.05) is 52.3 Å². The van der Waals surface area contributed by atoms with Crippen molar-refractivity contribution in [2.24, 2.45) is 0 Å². The fraction of sp³-hybridized carbons (Fsp3) is 0.400. The van der Waals surface area contributed by atoms with Crippen LogP contribution in [0.1, 0.15) is 28.8 Å². The Balaban J connectivity index is 1.53. The van der Waals surface area contributed by atoms with Crippen LogP contribution in [0, 0.1) is 6.92 Å². The number of benzene rings is 2. The van der Waals surface area contributed by atoms with Gasteiger partial charge in [0, 0.05) is 48.4 Å². The van der Waals surface area contributed by atoms with E-state index in [-0.39, 0.29) is 18.5 Å². The molecule has 0 radical (unpaired) electrons. The molecule has 1 aromatic heterocycles. The first-order valence-electron chi connectivity index (χ1n) is 13.3. The minimum Gasteiger partial charge on any atom is -0.497 e. The Bertz CT molecular complexity index is 1200. The van der Waals surface area contributed by atoms with E-state index in [0.717, 1.165) is 30.1 Å². The summed E-state index contributed by atoms with van der Waals surface area (Å²) in [5, 5.41) is 5.00. The topological polar surface area (TPSA) is 74.4 Å². The zero-order valence-corrected chi connectivity index (χ0v) is 23.8. The van der Waals surface area contributed by atoms with E-state index in [9.17, 15) is 9.59 Å². The van der Waals surface area contributed by atoms with E-state index >= 15 is 0 Å². The van der Waals surface area contributed by atoms with Crippen molar-refractivity contribution < 1.29 is 19.1 Å². The molecule has 8 nitrogen and oxygen atoms in total. The molecule has 208 valence electrons. The molecule has 1 N–H and O–H groups in total. The molecule has 0 atom stereocenters. The maximum absolute atomic E-state index is 13.8. The second-order valence-corrected chi connectivity index (χ2v) is 10.8. The van der Waals surface area contributed by atoms with Gasteiger partial charge in [-0.15, -0.1) is 11.3 Å². The third kappa shape index (κ3) is 8.21. The van der Waals surface area contributed by atoms with Gasteiger partial charge >= 0.3 is 6.03 Å². The van der Waals surface area contributed by atoms with Gasteiger partial charge in [0.25, 0.3) is 0 Å². The Labute approximate surface area is 235 Å². The van der Waals surface area contributed by atoms with Gasteiger partial charge in [-0.05, 0) is 55.4 Å². The summed E-state index contributed by atoms with van der Waals surface area (Å²) in [7, 11) is 3.13. The van der Waals surface area contributed by atoms with Crippen LogP contribution in [0.5, 0.6) is 11.5 Å². The van der Waals surface area contributed by atoms with Crippen LogP contribution in [-0.4, -0.2) is 73.6 Å². The van der Waals surface area contributed by atoms with Crippen LogP contribution < -0.4 is 14.8 Å². The van der Waals surface area contributed by atoms with E-state index in [2.05, 4.69) is 23.2 Å². The molecule has 3 amide bonds. The van der Waals surface area contributed by atoms with Crippen molar-refractivity contribution in [3.8, 4) is 11.5 Å². The molecule has 2 aromatic carbocycles. The molecular weight excluding hydrogens is 512 g/mol. The van der Waals surface area contributed by atoms with Crippen molar-refractivity contribution in [3.05, 3.63) is 76.0 Å². The van der Waals surface area contributed by atoms with E-state index in [1.807, 2.05) is 40.6 Å². The van der Waals surface area contributed by atoms with E-state index in [1.165, 1.54) is 18.4 Å². The largest absolute Gasteiger partial charge is 0.497 e. The van der Waals surface area contributed by atoms with Gasteiger partial charge in [0.1, 0.15) is 18.0 Å². The summed E-state index contributed by atoms with van der Waals surface area (Å²) in [6, 6.07) is 16.9. The van der Waals surface area contributed by atoms with Crippen molar-refractivity contribution in [1.82, 2.24) is 14.7 Å². The number of amides is 3. The Morgan fingerprint density at radius 3 is 2.26 bits per heavy atom. The summed E-state index contributed by atoms with van der Waals surface area (Å²) in [5.74, 6) is 1.06. The molecule has 9 heteroatoms. The third-order valence-corrected chi connectivity index (χ3v) is 7.98. The number of nitrogens with one attached hydrogen (secondary N) is 1. The monoisotopic (exact) mass is 550 g/mol. The van der Waals surface area contributed by atoms with Crippen LogP contribution >= 0.6 is 11.3 Å². The number of ether oxygens (including phenoxy) is 2. The standard InChI is InChI=1S/C30H38N4O4S/c1-23-11-16-39-28(23)21-34(20-24-9-5-4-6-10-24)29(35)22-33(15-14-32-12-7-8-13-32)30(36)31-25-17-26(37-2)19-27(18-25)38-3/h4-6,9-11,16-19H,7-8,12-15,20-22H2,1-3H3,(H,31,36). The number of likely N-dealkylation sites (tertiary alicyclic amines) is 1. The Morgan fingerprint density at radius 2 is 1.64 bits per heavy atom. The predicted molar refractivity (Wildman–Crippen MR) is 156 cm³/mol. The maximum atomic E-state index is 13.8. The number of rotatable bonds is 12. The Morgan fingerprint density at radius 1 is 0.949 bits per heavy atom. The van der Waals surface area contributed by atoms with Crippen LogP contribution in [-0.2, 0) is 17.9 Å². The van der Waals surface area contributed by atoms with Gasteiger partial charge in [0.2, 0.25) is 5.91 Å². The average molecular weight is 551 g/mol. The summed E-state index contributed by atoms with van der Waals surface area (Å²) in [5.41, 5.74) is 2.77. The molecule has 3 aromatic rings. The summed E-state index contributed by atoms with van der Waals surface area (Å²) < 4.78 is 10.7. The van der Waals surface area contributed by atoms with Crippen LogP contribution in [0.2, 0.25) is 0 Å². The number of aryl methyl sites for hydroxylation is 1. The molecule has 1 aliphatic heterocycles. The average Bonchev–Trinajstić information content (AvgIpc) is 3.62. The smallest absolute Gasteiger partial charge is 0.322 e. The number of hydrogen-bond donors (Lipinski definition) is 1. The number of thiophene rings is 1. The van der Waals surface area contributed by atoms with Gasteiger partial charge in [-0.25, -0.2) is 4.79 Å². The van der Waals surface area contributed by atoms with Crippen molar-refractivity contribution in [2.45, 2.75) is 32.9 Å². The SMILES string of the molecule is COc1cc(NC(=O)N(CCN2CCCC2)CC(=O)N(Cc2ccccc2)Cc2sccc2C)cc(OC)c1. The van der Waals surface area contributed by atoms with Crippen LogP contribution in [0.25, 0.3) is 0 Å². The minimum absolute atomic E-state index is 0.0158. The van der Waals surface area contributed by atoms with Crippen molar-refractivity contribution in [3.63, 3.8) is 0 Å². The molecule has 0 aliphatic carbocycles. The lowest BCUT2D eigenvalue weighted by atomic mass is 10.2. The first-order valence-corrected chi connectivity index (χ1v) is 14.2. The fourth-order valence-corrected chi connectivity index (χ4v) is 5.56. The molecule has 4 rings (SSSR count). The molecule has 0 bridgehead atoms. The predicted octanol–water partition coefficient (Wildman–Crippen LogP) is 5.23. The zero-order valence-electron chi connectivity index (χ0n) is 23.0. The molecule has 0 unspecified atom stereocenters. The molecule has 2 heterocycles. The highest BCUT2D eigenvalue weighted by Crippen LogP contribution is 2.26. The minimum atomic E-state index is -0.329.